The molecule has 112 valence electrons. The summed E-state index contributed by atoms with van der Waals surface area (Å²) in [5.41, 5.74) is 1.29. The van der Waals surface area contributed by atoms with Crippen molar-refractivity contribution in [2.75, 3.05) is 20.7 Å². The van der Waals surface area contributed by atoms with Crippen molar-refractivity contribution < 1.29 is 4.74 Å². The van der Waals surface area contributed by atoms with Crippen molar-refractivity contribution in [1.29, 1.82) is 0 Å². The van der Waals surface area contributed by atoms with Gasteiger partial charge in [-0.25, -0.2) is 0 Å². The van der Waals surface area contributed by atoms with E-state index in [9.17, 15) is 0 Å². The zero-order valence-corrected chi connectivity index (χ0v) is 13.4. The summed E-state index contributed by atoms with van der Waals surface area (Å²) < 4.78 is 5.31. The Morgan fingerprint density at radius 3 is 2.80 bits per heavy atom. The summed E-state index contributed by atoms with van der Waals surface area (Å²) in [5.74, 6) is 1.62. The second-order valence-electron chi connectivity index (χ2n) is 6.27. The van der Waals surface area contributed by atoms with Gasteiger partial charge in [0.2, 0.25) is 0 Å². The molecule has 4 atom stereocenters. The van der Waals surface area contributed by atoms with Crippen molar-refractivity contribution in [2.45, 2.75) is 45.3 Å². The third-order valence-electron chi connectivity index (χ3n) is 4.67. The second kappa shape index (κ2) is 6.59. The number of methoxy groups -OCH3 is 1. The van der Waals surface area contributed by atoms with Crippen LogP contribution in [0.2, 0.25) is 0 Å². The molecule has 1 heterocycles. The molecule has 0 aliphatic carbocycles. The van der Waals surface area contributed by atoms with E-state index in [0.717, 1.165) is 5.75 Å². The molecule has 0 aromatic heterocycles. The molecule has 1 aliphatic heterocycles. The number of piperidine rings is 1. The average molecular weight is 276 g/mol. The van der Waals surface area contributed by atoms with Gasteiger partial charge in [0, 0.05) is 24.7 Å². The Labute approximate surface area is 123 Å². The molecule has 0 radical (unpaired) electrons. The lowest BCUT2D eigenvalue weighted by Crippen LogP contribution is -2.51. The summed E-state index contributed by atoms with van der Waals surface area (Å²) in [6.07, 6.45) is 1.21. The van der Waals surface area contributed by atoms with E-state index >= 15 is 0 Å². The van der Waals surface area contributed by atoms with Gasteiger partial charge in [0.1, 0.15) is 5.75 Å². The van der Waals surface area contributed by atoms with Gasteiger partial charge in [0.25, 0.3) is 0 Å². The highest BCUT2D eigenvalue weighted by atomic mass is 16.5. The minimum atomic E-state index is 0.355. The molecule has 0 amide bonds. The van der Waals surface area contributed by atoms with Crippen LogP contribution in [-0.2, 0) is 0 Å². The lowest BCUT2D eigenvalue weighted by molar-refractivity contribution is 0.116. The maximum Gasteiger partial charge on any atom is 0.119 e. The van der Waals surface area contributed by atoms with Gasteiger partial charge in [-0.2, -0.15) is 0 Å². The molecule has 1 N–H and O–H groups in total. The highest BCUT2D eigenvalue weighted by Crippen LogP contribution is 2.25. The smallest absolute Gasteiger partial charge is 0.119 e. The maximum absolute atomic E-state index is 5.31. The summed E-state index contributed by atoms with van der Waals surface area (Å²) in [5, 5.41) is 3.80. The Balaban J connectivity index is 2.01. The molecule has 1 fully saturated rings. The number of ether oxygens (including phenoxy) is 1. The van der Waals surface area contributed by atoms with Crippen molar-refractivity contribution in [3.63, 3.8) is 0 Å². The number of likely N-dealkylation sites (tertiary alicyclic amines) is 1. The molecule has 3 unspecified atom stereocenters. The first-order valence-corrected chi connectivity index (χ1v) is 7.61. The first-order chi connectivity index (χ1) is 9.51. The van der Waals surface area contributed by atoms with Crippen molar-refractivity contribution in [3.05, 3.63) is 29.8 Å². The van der Waals surface area contributed by atoms with Crippen LogP contribution in [0.1, 0.15) is 38.8 Å². The summed E-state index contributed by atoms with van der Waals surface area (Å²) in [6, 6.07) is 9.95. The molecule has 1 aromatic carbocycles. The summed E-state index contributed by atoms with van der Waals surface area (Å²) in [4.78, 5) is 2.46. The molecular weight excluding hydrogens is 248 g/mol. The van der Waals surface area contributed by atoms with E-state index in [2.05, 4.69) is 56.2 Å². The third kappa shape index (κ3) is 3.53. The van der Waals surface area contributed by atoms with E-state index in [1.807, 2.05) is 6.07 Å². The number of rotatable bonds is 4. The zero-order chi connectivity index (χ0) is 14.7. The molecule has 1 aliphatic rings. The van der Waals surface area contributed by atoms with Gasteiger partial charge in [-0.3, -0.25) is 0 Å². The summed E-state index contributed by atoms with van der Waals surface area (Å²) in [6.45, 7) is 8.07. The second-order valence-corrected chi connectivity index (χ2v) is 6.27. The summed E-state index contributed by atoms with van der Waals surface area (Å²) >= 11 is 0. The fourth-order valence-corrected chi connectivity index (χ4v) is 3.10. The molecular formula is C17H28N2O. The quantitative estimate of drug-likeness (QED) is 0.914. The van der Waals surface area contributed by atoms with Gasteiger partial charge in [-0.15, -0.1) is 0 Å². The van der Waals surface area contributed by atoms with Crippen LogP contribution in [0, 0.1) is 5.92 Å². The minimum absolute atomic E-state index is 0.355. The van der Waals surface area contributed by atoms with Gasteiger partial charge in [0.05, 0.1) is 7.11 Å². The first kappa shape index (κ1) is 15.3. The SMILES string of the molecule is COc1cccc([C@@H](C)NC2CC(C)N(C)CC2C)c1. The number of hydrogen-bond donors (Lipinski definition) is 1. The Bertz CT molecular complexity index is 435. The normalized spacial score (nSPS) is 29.1. The Hall–Kier alpha value is -1.06. The van der Waals surface area contributed by atoms with Gasteiger partial charge in [-0.1, -0.05) is 19.1 Å². The van der Waals surface area contributed by atoms with Crippen LogP contribution in [0.5, 0.6) is 5.75 Å². The molecule has 3 heteroatoms. The Morgan fingerprint density at radius 2 is 2.10 bits per heavy atom. The molecule has 3 nitrogen and oxygen atoms in total. The molecule has 1 aromatic rings. The van der Waals surface area contributed by atoms with Gasteiger partial charge < -0.3 is 15.0 Å². The van der Waals surface area contributed by atoms with Crippen molar-refractivity contribution in [2.24, 2.45) is 5.92 Å². The van der Waals surface area contributed by atoms with Crippen LogP contribution >= 0.6 is 0 Å². The predicted molar refractivity (Wildman–Crippen MR) is 84.2 cm³/mol. The lowest BCUT2D eigenvalue weighted by atomic mass is 9.89. The van der Waals surface area contributed by atoms with Crippen LogP contribution in [-0.4, -0.2) is 37.7 Å². The molecule has 20 heavy (non-hydrogen) atoms. The molecule has 0 spiro atoms. The van der Waals surface area contributed by atoms with Crippen LogP contribution in [0.4, 0.5) is 0 Å². The topological polar surface area (TPSA) is 24.5 Å². The highest BCUT2D eigenvalue weighted by Gasteiger charge is 2.29. The van der Waals surface area contributed by atoms with Crippen molar-refractivity contribution in [3.8, 4) is 5.75 Å². The van der Waals surface area contributed by atoms with E-state index in [4.69, 9.17) is 4.74 Å². The molecule has 0 saturated carbocycles. The predicted octanol–water partition coefficient (Wildman–Crippen LogP) is 3.07. The summed E-state index contributed by atoms with van der Waals surface area (Å²) in [7, 11) is 3.95. The molecule has 0 bridgehead atoms. The fourth-order valence-electron chi connectivity index (χ4n) is 3.10. The lowest BCUT2D eigenvalue weighted by Gasteiger charge is -2.41. The monoisotopic (exact) mass is 276 g/mol. The van der Waals surface area contributed by atoms with E-state index < -0.39 is 0 Å². The molecule has 1 saturated heterocycles. The van der Waals surface area contributed by atoms with Crippen molar-refractivity contribution in [1.82, 2.24) is 10.2 Å². The van der Waals surface area contributed by atoms with Gasteiger partial charge >= 0.3 is 0 Å². The number of nitrogens with zero attached hydrogens (tertiary/aromatic N) is 1. The minimum Gasteiger partial charge on any atom is -0.497 e. The Morgan fingerprint density at radius 1 is 1.35 bits per heavy atom. The highest BCUT2D eigenvalue weighted by molar-refractivity contribution is 5.30. The average Bonchev–Trinajstić information content (AvgIpc) is 2.44. The van der Waals surface area contributed by atoms with E-state index in [1.54, 1.807) is 7.11 Å². The first-order valence-electron chi connectivity index (χ1n) is 7.61. The van der Waals surface area contributed by atoms with Crippen molar-refractivity contribution >= 4 is 0 Å². The van der Waals surface area contributed by atoms with Gasteiger partial charge in [0.15, 0.2) is 0 Å². The largest absolute Gasteiger partial charge is 0.497 e. The van der Waals surface area contributed by atoms with Crippen LogP contribution in [0.25, 0.3) is 0 Å². The number of benzene rings is 1. The van der Waals surface area contributed by atoms with E-state index in [0.29, 0.717) is 24.0 Å². The van der Waals surface area contributed by atoms with E-state index in [1.165, 1.54) is 18.5 Å². The number of nitrogens with one attached hydrogen (secondary N) is 1. The zero-order valence-electron chi connectivity index (χ0n) is 13.4. The fraction of sp³-hybridized carbons (Fsp3) is 0.647. The van der Waals surface area contributed by atoms with E-state index in [-0.39, 0.29) is 0 Å². The Kier molecular flexibility index (Phi) is 5.06. The van der Waals surface area contributed by atoms with Gasteiger partial charge in [-0.05, 0) is 50.9 Å². The van der Waals surface area contributed by atoms with Crippen LogP contribution < -0.4 is 10.1 Å². The van der Waals surface area contributed by atoms with Crippen LogP contribution in [0.15, 0.2) is 24.3 Å². The third-order valence-corrected chi connectivity index (χ3v) is 4.67. The molecule has 2 rings (SSSR count). The number of hydrogen-bond acceptors (Lipinski definition) is 3. The maximum atomic E-state index is 5.31. The standard InChI is InChI=1S/C17H28N2O/c1-12-11-19(4)13(2)9-17(12)18-14(3)15-7-6-8-16(10-15)20-5/h6-8,10,12-14,17-18H,9,11H2,1-5H3/t12?,13?,14-,17?/m1/s1. The van der Waals surface area contributed by atoms with Crippen LogP contribution in [0.3, 0.4) is 0 Å².